The summed E-state index contributed by atoms with van der Waals surface area (Å²) in [6.45, 7) is 4.72. The van der Waals surface area contributed by atoms with Gasteiger partial charge in [-0.25, -0.2) is 9.59 Å². The number of nitrogens with one attached hydrogen (secondary N) is 2. The van der Waals surface area contributed by atoms with Crippen molar-refractivity contribution in [2.45, 2.75) is 26.3 Å². The molecule has 0 bridgehead atoms. The van der Waals surface area contributed by atoms with Crippen LogP contribution in [-0.2, 0) is 4.74 Å². The Kier molecular flexibility index (Phi) is 4.24. The Hall–Kier alpha value is -2.08. The van der Waals surface area contributed by atoms with Gasteiger partial charge in [-0.2, -0.15) is 0 Å². The monoisotopic (exact) mass is 278 g/mol. The van der Waals surface area contributed by atoms with E-state index in [1.165, 1.54) is 0 Å². The van der Waals surface area contributed by atoms with E-state index in [2.05, 4.69) is 10.6 Å². The molecule has 6 nitrogen and oxygen atoms in total. The number of urea groups is 1. The SMILES string of the molecule is Cc1cc(C)c(NC(=O)NC2CCOC2)c(C(=O)O)c1. The Morgan fingerprint density at radius 3 is 2.70 bits per heavy atom. The fraction of sp³-hybridized carbons (Fsp3) is 0.429. The highest BCUT2D eigenvalue weighted by molar-refractivity contribution is 6.01. The lowest BCUT2D eigenvalue weighted by Crippen LogP contribution is -2.38. The van der Waals surface area contributed by atoms with E-state index in [4.69, 9.17) is 4.74 Å². The van der Waals surface area contributed by atoms with Gasteiger partial charge < -0.3 is 20.5 Å². The van der Waals surface area contributed by atoms with Crippen molar-refractivity contribution in [3.05, 3.63) is 28.8 Å². The van der Waals surface area contributed by atoms with Gasteiger partial charge in [0.25, 0.3) is 0 Å². The molecule has 108 valence electrons. The number of aryl methyl sites for hydroxylation is 2. The van der Waals surface area contributed by atoms with E-state index in [1.807, 2.05) is 13.0 Å². The number of carbonyl (C=O) groups excluding carboxylic acids is 1. The number of aromatic carboxylic acids is 1. The van der Waals surface area contributed by atoms with Gasteiger partial charge in [-0.05, 0) is 37.5 Å². The van der Waals surface area contributed by atoms with Gasteiger partial charge in [-0.15, -0.1) is 0 Å². The van der Waals surface area contributed by atoms with Crippen LogP contribution in [0.25, 0.3) is 0 Å². The largest absolute Gasteiger partial charge is 0.478 e. The second-order valence-corrected chi connectivity index (χ2v) is 4.97. The third kappa shape index (κ3) is 3.27. The second kappa shape index (κ2) is 5.92. The maximum atomic E-state index is 11.9. The third-order valence-electron chi connectivity index (χ3n) is 3.21. The van der Waals surface area contributed by atoms with Crippen LogP contribution in [0, 0.1) is 13.8 Å². The first-order valence-corrected chi connectivity index (χ1v) is 6.47. The highest BCUT2D eigenvalue weighted by Gasteiger charge is 2.20. The van der Waals surface area contributed by atoms with E-state index < -0.39 is 12.0 Å². The molecule has 1 aliphatic heterocycles. The molecule has 0 aromatic heterocycles. The fourth-order valence-electron chi connectivity index (χ4n) is 2.29. The van der Waals surface area contributed by atoms with Gasteiger partial charge in [0.05, 0.1) is 23.9 Å². The molecule has 1 heterocycles. The van der Waals surface area contributed by atoms with Crippen LogP contribution in [0.1, 0.15) is 27.9 Å². The summed E-state index contributed by atoms with van der Waals surface area (Å²) in [5.41, 5.74) is 2.00. The lowest BCUT2D eigenvalue weighted by Gasteiger charge is -2.15. The van der Waals surface area contributed by atoms with Crippen molar-refractivity contribution in [1.29, 1.82) is 0 Å². The molecule has 2 amide bonds. The van der Waals surface area contributed by atoms with Gasteiger partial charge in [0.15, 0.2) is 0 Å². The minimum Gasteiger partial charge on any atom is -0.478 e. The Labute approximate surface area is 117 Å². The average molecular weight is 278 g/mol. The zero-order valence-corrected chi connectivity index (χ0v) is 11.5. The van der Waals surface area contributed by atoms with E-state index in [9.17, 15) is 14.7 Å². The van der Waals surface area contributed by atoms with Gasteiger partial charge in [-0.1, -0.05) is 6.07 Å². The van der Waals surface area contributed by atoms with Crippen molar-refractivity contribution in [2.75, 3.05) is 18.5 Å². The Morgan fingerprint density at radius 1 is 1.35 bits per heavy atom. The standard InChI is InChI=1S/C14H18N2O4/c1-8-5-9(2)12(11(6-8)13(17)18)16-14(19)15-10-3-4-20-7-10/h5-6,10H,3-4,7H2,1-2H3,(H,17,18)(H2,15,16,19). The normalized spacial score (nSPS) is 17.8. The van der Waals surface area contributed by atoms with Crippen LogP contribution < -0.4 is 10.6 Å². The van der Waals surface area contributed by atoms with Crippen LogP contribution >= 0.6 is 0 Å². The molecule has 0 saturated carbocycles. The summed E-state index contributed by atoms with van der Waals surface area (Å²) in [7, 11) is 0. The first-order valence-electron chi connectivity index (χ1n) is 6.47. The van der Waals surface area contributed by atoms with Gasteiger partial charge in [0, 0.05) is 6.61 Å². The summed E-state index contributed by atoms with van der Waals surface area (Å²) in [6, 6.07) is 2.95. The van der Waals surface area contributed by atoms with Crippen LogP contribution in [-0.4, -0.2) is 36.4 Å². The summed E-state index contributed by atoms with van der Waals surface area (Å²) >= 11 is 0. The topological polar surface area (TPSA) is 87.7 Å². The molecule has 1 saturated heterocycles. The van der Waals surface area contributed by atoms with Crippen molar-refractivity contribution in [2.24, 2.45) is 0 Å². The second-order valence-electron chi connectivity index (χ2n) is 4.97. The van der Waals surface area contributed by atoms with Gasteiger partial charge in [0.1, 0.15) is 0 Å². The number of hydrogen-bond acceptors (Lipinski definition) is 3. The molecule has 20 heavy (non-hydrogen) atoms. The van der Waals surface area contributed by atoms with E-state index >= 15 is 0 Å². The van der Waals surface area contributed by atoms with Crippen LogP contribution in [0.15, 0.2) is 12.1 Å². The molecule has 0 spiro atoms. The molecule has 1 aliphatic rings. The quantitative estimate of drug-likeness (QED) is 0.788. The van der Waals surface area contributed by atoms with E-state index in [0.29, 0.717) is 18.9 Å². The number of hydrogen-bond donors (Lipinski definition) is 3. The fourth-order valence-corrected chi connectivity index (χ4v) is 2.29. The van der Waals surface area contributed by atoms with Crippen molar-refractivity contribution in [1.82, 2.24) is 5.32 Å². The molecule has 0 radical (unpaired) electrons. The smallest absolute Gasteiger partial charge is 0.337 e. The van der Waals surface area contributed by atoms with E-state index in [0.717, 1.165) is 17.5 Å². The summed E-state index contributed by atoms with van der Waals surface area (Å²) < 4.78 is 5.17. The lowest BCUT2D eigenvalue weighted by atomic mass is 10.0. The molecule has 1 aromatic carbocycles. The molecule has 6 heteroatoms. The Balaban J connectivity index is 2.15. The number of rotatable bonds is 3. The number of carboxylic acids is 1. The predicted octanol–water partition coefficient (Wildman–Crippen LogP) is 1.91. The maximum absolute atomic E-state index is 11.9. The molecule has 1 fully saturated rings. The van der Waals surface area contributed by atoms with Gasteiger partial charge in [0.2, 0.25) is 0 Å². The number of ether oxygens (including phenoxy) is 1. The highest BCUT2D eigenvalue weighted by Crippen LogP contribution is 2.23. The minimum atomic E-state index is -1.06. The number of benzene rings is 1. The molecular formula is C14H18N2O4. The molecule has 2 rings (SSSR count). The maximum Gasteiger partial charge on any atom is 0.337 e. The third-order valence-corrected chi connectivity index (χ3v) is 3.21. The highest BCUT2D eigenvalue weighted by atomic mass is 16.5. The van der Waals surface area contributed by atoms with Crippen LogP contribution in [0.5, 0.6) is 0 Å². The number of amides is 2. The van der Waals surface area contributed by atoms with Gasteiger partial charge in [-0.3, -0.25) is 0 Å². The van der Waals surface area contributed by atoms with E-state index in [1.54, 1.807) is 13.0 Å². The van der Waals surface area contributed by atoms with Gasteiger partial charge >= 0.3 is 12.0 Å². The number of carboxylic acid groups (broad SMARTS) is 1. The molecular weight excluding hydrogens is 260 g/mol. The lowest BCUT2D eigenvalue weighted by molar-refractivity contribution is 0.0698. The van der Waals surface area contributed by atoms with Crippen molar-refractivity contribution < 1.29 is 19.4 Å². The minimum absolute atomic E-state index is 0.0194. The van der Waals surface area contributed by atoms with E-state index in [-0.39, 0.29) is 11.6 Å². The summed E-state index contributed by atoms with van der Waals surface area (Å²) in [4.78, 5) is 23.2. The number of carbonyl (C=O) groups is 2. The molecule has 3 N–H and O–H groups in total. The van der Waals surface area contributed by atoms with Crippen molar-refractivity contribution in [3.8, 4) is 0 Å². The molecule has 0 aliphatic carbocycles. The van der Waals surface area contributed by atoms with Crippen LogP contribution in [0.2, 0.25) is 0 Å². The van der Waals surface area contributed by atoms with Crippen molar-refractivity contribution in [3.63, 3.8) is 0 Å². The van der Waals surface area contributed by atoms with Crippen LogP contribution in [0.4, 0.5) is 10.5 Å². The molecule has 1 unspecified atom stereocenters. The van der Waals surface area contributed by atoms with Crippen molar-refractivity contribution >= 4 is 17.7 Å². The Bertz CT molecular complexity index is 536. The first kappa shape index (κ1) is 14.3. The number of anilines is 1. The Morgan fingerprint density at radius 2 is 2.10 bits per heavy atom. The summed E-state index contributed by atoms with van der Waals surface area (Å²) in [5, 5.41) is 14.6. The zero-order valence-electron chi connectivity index (χ0n) is 11.5. The molecule has 1 aromatic rings. The summed E-state index contributed by atoms with van der Waals surface area (Å²) in [6.07, 6.45) is 0.770. The predicted molar refractivity (Wildman–Crippen MR) is 74.3 cm³/mol. The average Bonchev–Trinajstić information content (AvgIpc) is 2.84. The molecule has 1 atom stereocenters. The zero-order chi connectivity index (χ0) is 14.7. The first-order chi connectivity index (χ1) is 9.47. The summed E-state index contributed by atoms with van der Waals surface area (Å²) in [5.74, 6) is -1.06. The van der Waals surface area contributed by atoms with Crippen LogP contribution in [0.3, 0.4) is 0 Å².